The zero-order valence-corrected chi connectivity index (χ0v) is 11.6. The van der Waals surface area contributed by atoms with Crippen LogP contribution in [0.2, 0.25) is 0 Å². The molecule has 0 saturated carbocycles. The molecule has 1 atom stereocenters. The topological polar surface area (TPSA) is 40.7 Å². The molecule has 0 aliphatic carbocycles. The van der Waals surface area contributed by atoms with E-state index >= 15 is 0 Å². The molecular formula is C14H27N3. The number of hydrogen-bond donors (Lipinski definition) is 2. The van der Waals surface area contributed by atoms with E-state index in [2.05, 4.69) is 36.3 Å². The lowest BCUT2D eigenvalue weighted by Gasteiger charge is -2.16. The fourth-order valence-corrected chi connectivity index (χ4v) is 2.11. The molecule has 0 amide bonds. The van der Waals surface area contributed by atoms with E-state index in [-0.39, 0.29) is 0 Å². The predicted molar refractivity (Wildman–Crippen MR) is 73.3 cm³/mol. The van der Waals surface area contributed by atoms with Gasteiger partial charge in [-0.05, 0) is 44.7 Å². The van der Waals surface area contributed by atoms with Gasteiger partial charge >= 0.3 is 0 Å². The van der Waals surface area contributed by atoms with Crippen molar-refractivity contribution >= 4 is 0 Å². The van der Waals surface area contributed by atoms with Gasteiger partial charge in [-0.15, -0.1) is 0 Å². The van der Waals surface area contributed by atoms with Crippen LogP contribution in [0.25, 0.3) is 0 Å². The van der Waals surface area contributed by atoms with Crippen molar-refractivity contribution in [2.75, 3.05) is 6.54 Å². The summed E-state index contributed by atoms with van der Waals surface area (Å²) < 4.78 is 0. The minimum Gasteiger partial charge on any atom is -0.314 e. The Morgan fingerprint density at radius 2 is 2.18 bits per heavy atom. The summed E-state index contributed by atoms with van der Waals surface area (Å²) in [4.78, 5) is 0. The molecular weight excluding hydrogens is 210 g/mol. The zero-order valence-electron chi connectivity index (χ0n) is 11.6. The number of unbranched alkanes of at least 4 members (excludes halogenated alkanes) is 1. The summed E-state index contributed by atoms with van der Waals surface area (Å²) >= 11 is 0. The van der Waals surface area contributed by atoms with Crippen LogP contribution in [0.3, 0.4) is 0 Å². The lowest BCUT2D eigenvalue weighted by molar-refractivity contribution is 0.449. The molecule has 3 nitrogen and oxygen atoms in total. The van der Waals surface area contributed by atoms with Gasteiger partial charge in [0.25, 0.3) is 0 Å². The second-order valence-corrected chi connectivity index (χ2v) is 4.83. The van der Waals surface area contributed by atoms with E-state index in [1.165, 1.54) is 43.4 Å². The molecule has 0 saturated heterocycles. The Balaban J connectivity index is 2.12. The second-order valence-electron chi connectivity index (χ2n) is 4.83. The molecule has 1 heterocycles. The Labute approximate surface area is 105 Å². The number of nitrogens with one attached hydrogen (secondary N) is 2. The number of hydrogen-bond acceptors (Lipinski definition) is 2. The van der Waals surface area contributed by atoms with Crippen LogP contribution in [0.1, 0.15) is 57.2 Å². The Hall–Kier alpha value is -0.830. The first-order chi connectivity index (χ1) is 8.27. The lowest BCUT2D eigenvalue weighted by atomic mass is 10.1. The summed E-state index contributed by atoms with van der Waals surface area (Å²) in [6, 6.07) is 0.709. The van der Waals surface area contributed by atoms with E-state index < -0.39 is 0 Å². The van der Waals surface area contributed by atoms with Gasteiger partial charge in [0.15, 0.2) is 0 Å². The van der Waals surface area contributed by atoms with Crippen LogP contribution in [-0.2, 0) is 6.42 Å². The molecule has 0 radical (unpaired) electrons. The number of H-pyrrole nitrogens is 1. The normalized spacial score (nSPS) is 12.9. The van der Waals surface area contributed by atoms with E-state index in [0.717, 1.165) is 13.0 Å². The monoisotopic (exact) mass is 237 g/mol. The molecule has 98 valence electrons. The third kappa shape index (κ3) is 5.35. The highest BCUT2D eigenvalue weighted by molar-refractivity contribution is 5.14. The van der Waals surface area contributed by atoms with Gasteiger partial charge in [-0.1, -0.05) is 26.7 Å². The van der Waals surface area contributed by atoms with Crippen molar-refractivity contribution in [2.24, 2.45) is 0 Å². The van der Waals surface area contributed by atoms with Crippen molar-refractivity contribution in [2.45, 2.75) is 65.3 Å². The van der Waals surface area contributed by atoms with Crippen LogP contribution in [-0.4, -0.2) is 22.8 Å². The molecule has 1 aromatic heterocycles. The first kappa shape index (κ1) is 14.2. The Bertz CT molecular complexity index is 293. The first-order valence-electron chi connectivity index (χ1n) is 7.00. The highest BCUT2D eigenvalue weighted by Gasteiger charge is 2.04. The van der Waals surface area contributed by atoms with Crippen molar-refractivity contribution in [1.82, 2.24) is 15.5 Å². The maximum Gasteiger partial charge on any atom is 0.0522 e. The van der Waals surface area contributed by atoms with Crippen LogP contribution in [0, 0.1) is 6.92 Å². The molecule has 3 heteroatoms. The summed E-state index contributed by atoms with van der Waals surface area (Å²) in [5.74, 6) is 0. The molecule has 0 aromatic carbocycles. The van der Waals surface area contributed by atoms with Crippen LogP contribution in [0.4, 0.5) is 0 Å². The van der Waals surface area contributed by atoms with E-state index in [1.54, 1.807) is 0 Å². The lowest BCUT2D eigenvalue weighted by Crippen LogP contribution is -2.29. The van der Waals surface area contributed by atoms with Gasteiger partial charge in [-0.25, -0.2) is 0 Å². The molecule has 1 aromatic rings. The van der Waals surface area contributed by atoms with Crippen molar-refractivity contribution in [3.63, 3.8) is 0 Å². The van der Waals surface area contributed by atoms with Crippen LogP contribution in [0.5, 0.6) is 0 Å². The minimum atomic E-state index is 0.709. The first-order valence-corrected chi connectivity index (χ1v) is 7.00. The minimum absolute atomic E-state index is 0.709. The van der Waals surface area contributed by atoms with Gasteiger partial charge in [0.2, 0.25) is 0 Å². The summed E-state index contributed by atoms with van der Waals surface area (Å²) in [5.41, 5.74) is 2.57. The molecule has 1 unspecified atom stereocenters. The van der Waals surface area contributed by atoms with Crippen LogP contribution in [0.15, 0.2) is 6.20 Å². The van der Waals surface area contributed by atoms with Crippen molar-refractivity contribution in [1.29, 1.82) is 0 Å². The molecule has 0 spiro atoms. The fourth-order valence-electron chi connectivity index (χ4n) is 2.11. The van der Waals surface area contributed by atoms with Crippen molar-refractivity contribution in [3.05, 3.63) is 17.5 Å². The predicted octanol–water partition coefficient (Wildman–Crippen LogP) is 3.21. The van der Waals surface area contributed by atoms with Gasteiger partial charge in [-0.2, -0.15) is 5.10 Å². The van der Waals surface area contributed by atoms with Gasteiger partial charge in [-0.3, -0.25) is 5.10 Å². The Kier molecular flexibility index (Phi) is 6.94. The molecule has 0 fully saturated rings. The average Bonchev–Trinajstić information content (AvgIpc) is 2.74. The standard InChI is InChI=1S/C14H27N3/c1-4-6-9-14(5-2)15-10-7-8-13-11-16-17-12(13)3/h11,14-15H,4-10H2,1-3H3,(H,16,17). The van der Waals surface area contributed by atoms with E-state index in [4.69, 9.17) is 0 Å². The molecule has 1 rings (SSSR count). The zero-order chi connectivity index (χ0) is 12.5. The number of nitrogens with zero attached hydrogens (tertiary/aromatic N) is 1. The Morgan fingerprint density at radius 3 is 2.76 bits per heavy atom. The largest absolute Gasteiger partial charge is 0.314 e. The molecule has 0 aliphatic rings. The third-order valence-electron chi connectivity index (χ3n) is 3.39. The maximum atomic E-state index is 4.05. The van der Waals surface area contributed by atoms with Crippen molar-refractivity contribution < 1.29 is 0 Å². The Morgan fingerprint density at radius 1 is 1.35 bits per heavy atom. The smallest absolute Gasteiger partial charge is 0.0522 e. The number of aromatic amines is 1. The number of aromatic nitrogens is 2. The SMILES string of the molecule is CCCCC(CC)NCCCc1cn[nH]c1C. The summed E-state index contributed by atoms with van der Waals surface area (Å²) in [5, 5.41) is 10.7. The average molecular weight is 237 g/mol. The van der Waals surface area contributed by atoms with Gasteiger partial charge in [0, 0.05) is 11.7 Å². The van der Waals surface area contributed by atoms with Gasteiger partial charge < -0.3 is 5.32 Å². The fraction of sp³-hybridized carbons (Fsp3) is 0.786. The van der Waals surface area contributed by atoms with Gasteiger partial charge in [0.05, 0.1) is 6.20 Å². The molecule has 17 heavy (non-hydrogen) atoms. The summed E-state index contributed by atoms with van der Waals surface area (Å²) in [6.07, 6.45) is 9.47. The van der Waals surface area contributed by atoms with E-state index in [0.29, 0.717) is 6.04 Å². The highest BCUT2D eigenvalue weighted by Crippen LogP contribution is 2.07. The quantitative estimate of drug-likeness (QED) is 0.647. The van der Waals surface area contributed by atoms with Crippen molar-refractivity contribution in [3.8, 4) is 0 Å². The third-order valence-corrected chi connectivity index (χ3v) is 3.39. The summed E-state index contributed by atoms with van der Waals surface area (Å²) in [6.45, 7) is 7.74. The van der Waals surface area contributed by atoms with E-state index in [1.807, 2.05) is 6.20 Å². The molecule has 0 aliphatic heterocycles. The number of aryl methyl sites for hydroxylation is 2. The maximum absolute atomic E-state index is 4.05. The van der Waals surface area contributed by atoms with Crippen LogP contribution >= 0.6 is 0 Å². The second kappa shape index (κ2) is 8.29. The van der Waals surface area contributed by atoms with E-state index in [9.17, 15) is 0 Å². The van der Waals surface area contributed by atoms with Gasteiger partial charge in [0.1, 0.15) is 0 Å². The summed E-state index contributed by atoms with van der Waals surface area (Å²) in [7, 11) is 0. The molecule has 2 N–H and O–H groups in total. The molecule has 0 bridgehead atoms. The highest BCUT2D eigenvalue weighted by atomic mass is 15.1. The number of rotatable bonds is 9. The van der Waals surface area contributed by atoms with Crippen LogP contribution < -0.4 is 5.32 Å².